The molecular weight excluding hydrogens is 400 g/mol. The summed E-state index contributed by atoms with van der Waals surface area (Å²) in [5, 5.41) is 12.7. The monoisotopic (exact) mass is 428 g/mol. The summed E-state index contributed by atoms with van der Waals surface area (Å²) >= 11 is 0. The first-order valence-corrected chi connectivity index (χ1v) is 11.7. The fourth-order valence-electron chi connectivity index (χ4n) is 4.28. The summed E-state index contributed by atoms with van der Waals surface area (Å²) < 4.78 is 32.0. The summed E-state index contributed by atoms with van der Waals surface area (Å²) in [6.45, 7) is 5.32. The lowest BCUT2D eigenvalue weighted by molar-refractivity contribution is 0.261. The van der Waals surface area contributed by atoms with Gasteiger partial charge >= 0.3 is 0 Å². The summed E-state index contributed by atoms with van der Waals surface area (Å²) in [4.78, 5) is 0.345. The molecule has 4 rings (SSSR count). The van der Waals surface area contributed by atoms with Gasteiger partial charge in [-0.2, -0.15) is 9.40 Å². The Morgan fingerprint density at radius 3 is 2.63 bits per heavy atom. The van der Waals surface area contributed by atoms with E-state index in [0.717, 1.165) is 18.7 Å². The molecule has 0 amide bonds. The van der Waals surface area contributed by atoms with Crippen LogP contribution in [0.2, 0.25) is 0 Å². The first-order chi connectivity index (χ1) is 14.4. The van der Waals surface area contributed by atoms with Gasteiger partial charge in [-0.1, -0.05) is 30.3 Å². The fourth-order valence-corrected chi connectivity index (χ4v) is 6.23. The number of hydrogen-bond acceptors (Lipinski definition) is 5. The van der Waals surface area contributed by atoms with Crippen molar-refractivity contribution in [3.05, 3.63) is 59.4 Å². The summed E-state index contributed by atoms with van der Waals surface area (Å²) in [5.41, 5.74) is 2.42. The third-order valence-corrected chi connectivity index (χ3v) is 8.00. The van der Waals surface area contributed by atoms with E-state index >= 15 is 0 Å². The van der Waals surface area contributed by atoms with Crippen molar-refractivity contribution in [3.8, 4) is 0 Å². The zero-order valence-electron chi connectivity index (χ0n) is 17.7. The van der Waals surface area contributed by atoms with Gasteiger partial charge in [-0.15, -0.1) is 10.2 Å². The molecular formula is C21H28N6O2S. The van der Waals surface area contributed by atoms with Gasteiger partial charge < -0.3 is 4.57 Å². The molecule has 160 valence electrons. The van der Waals surface area contributed by atoms with Crippen molar-refractivity contribution < 1.29 is 8.42 Å². The third-order valence-electron chi connectivity index (χ3n) is 5.88. The van der Waals surface area contributed by atoms with E-state index in [1.54, 1.807) is 36.2 Å². The molecule has 1 unspecified atom stereocenters. The number of rotatable bonds is 6. The molecule has 2 aromatic heterocycles. The Morgan fingerprint density at radius 1 is 1.17 bits per heavy atom. The van der Waals surface area contributed by atoms with Gasteiger partial charge in [0.2, 0.25) is 10.0 Å². The second-order valence-electron chi connectivity index (χ2n) is 8.06. The van der Waals surface area contributed by atoms with Crippen LogP contribution in [-0.2, 0) is 30.0 Å². The van der Waals surface area contributed by atoms with Gasteiger partial charge in [-0.05, 0) is 38.2 Å². The molecule has 0 radical (unpaired) electrons. The number of aryl methyl sites for hydroxylation is 2. The first-order valence-electron chi connectivity index (χ1n) is 10.3. The number of aromatic nitrogens is 5. The van der Waals surface area contributed by atoms with Crippen LogP contribution in [0.1, 0.15) is 35.6 Å². The minimum absolute atomic E-state index is 0.213. The second-order valence-corrected chi connectivity index (χ2v) is 9.93. The van der Waals surface area contributed by atoms with Crippen molar-refractivity contribution in [2.75, 3.05) is 13.1 Å². The van der Waals surface area contributed by atoms with Crippen LogP contribution in [0, 0.1) is 19.8 Å². The summed E-state index contributed by atoms with van der Waals surface area (Å²) in [5.74, 6) is 1.11. The zero-order chi connectivity index (χ0) is 21.3. The smallest absolute Gasteiger partial charge is 0.246 e. The lowest BCUT2D eigenvalue weighted by atomic mass is 9.96. The molecule has 1 aliphatic rings. The van der Waals surface area contributed by atoms with Gasteiger partial charge in [0.25, 0.3) is 0 Å². The van der Waals surface area contributed by atoms with E-state index in [4.69, 9.17) is 0 Å². The molecule has 0 bridgehead atoms. The molecule has 9 heteroatoms. The molecule has 1 saturated heterocycles. The summed E-state index contributed by atoms with van der Waals surface area (Å²) in [7, 11) is -1.79. The topological polar surface area (TPSA) is 85.9 Å². The maximum atomic E-state index is 13.3. The van der Waals surface area contributed by atoms with Crippen LogP contribution in [0.4, 0.5) is 0 Å². The largest absolute Gasteiger partial charge is 0.313 e. The van der Waals surface area contributed by atoms with Crippen LogP contribution in [0.3, 0.4) is 0 Å². The van der Waals surface area contributed by atoms with Crippen molar-refractivity contribution in [1.29, 1.82) is 0 Å². The van der Waals surface area contributed by atoms with Crippen molar-refractivity contribution in [3.63, 3.8) is 0 Å². The minimum Gasteiger partial charge on any atom is -0.313 e. The van der Waals surface area contributed by atoms with Crippen LogP contribution in [-0.4, -0.2) is 50.4 Å². The van der Waals surface area contributed by atoms with Gasteiger partial charge in [-0.25, -0.2) is 8.42 Å². The van der Waals surface area contributed by atoms with Gasteiger partial charge in [-0.3, -0.25) is 4.68 Å². The van der Waals surface area contributed by atoms with E-state index in [1.165, 1.54) is 5.56 Å². The Labute approximate surface area is 177 Å². The van der Waals surface area contributed by atoms with Crippen molar-refractivity contribution in [2.24, 2.45) is 13.0 Å². The Bertz CT molecular complexity index is 1120. The van der Waals surface area contributed by atoms with Gasteiger partial charge in [0.1, 0.15) is 17.0 Å². The molecule has 0 saturated carbocycles. The van der Waals surface area contributed by atoms with Crippen molar-refractivity contribution in [1.82, 2.24) is 28.9 Å². The standard InChI is InChI=1S/C21H28N6O2S/c1-16-21(17(2)25(3)24-16)30(28,29)27-11-7-10-19(14-27)12-20-23-22-15-26(20)13-18-8-5-4-6-9-18/h4-6,8-9,15,19H,7,10-14H2,1-3H3. The van der Waals surface area contributed by atoms with E-state index in [-0.39, 0.29) is 5.92 Å². The summed E-state index contributed by atoms with van der Waals surface area (Å²) in [6, 6.07) is 10.2. The Morgan fingerprint density at radius 2 is 1.93 bits per heavy atom. The average Bonchev–Trinajstić information content (AvgIpc) is 3.26. The SMILES string of the molecule is Cc1nn(C)c(C)c1S(=O)(=O)N1CCCC(Cc2nncn2Cc2ccccc2)C1. The highest BCUT2D eigenvalue weighted by atomic mass is 32.2. The maximum Gasteiger partial charge on any atom is 0.246 e. The zero-order valence-corrected chi connectivity index (χ0v) is 18.5. The van der Waals surface area contributed by atoms with E-state index in [2.05, 4.69) is 32.0 Å². The number of benzene rings is 1. The van der Waals surface area contributed by atoms with Crippen LogP contribution in [0.5, 0.6) is 0 Å². The van der Waals surface area contributed by atoms with Gasteiger partial charge in [0.15, 0.2) is 0 Å². The van der Waals surface area contributed by atoms with E-state index in [1.807, 2.05) is 18.2 Å². The number of sulfonamides is 1. The maximum absolute atomic E-state index is 13.3. The Hall–Kier alpha value is -2.52. The molecule has 3 heterocycles. The van der Waals surface area contributed by atoms with Crippen LogP contribution in [0.15, 0.2) is 41.6 Å². The quantitative estimate of drug-likeness (QED) is 0.601. The van der Waals surface area contributed by atoms with E-state index < -0.39 is 10.0 Å². The van der Waals surface area contributed by atoms with Crippen molar-refractivity contribution >= 4 is 10.0 Å². The summed E-state index contributed by atoms with van der Waals surface area (Å²) in [6.07, 6.45) is 4.29. The Balaban J connectivity index is 1.50. The predicted molar refractivity (Wildman–Crippen MR) is 113 cm³/mol. The first kappa shape index (κ1) is 20.7. The lowest BCUT2D eigenvalue weighted by Gasteiger charge is -2.31. The van der Waals surface area contributed by atoms with Gasteiger partial charge in [0.05, 0.1) is 17.9 Å². The number of nitrogens with zero attached hydrogens (tertiary/aromatic N) is 6. The highest BCUT2D eigenvalue weighted by molar-refractivity contribution is 7.89. The van der Waals surface area contributed by atoms with Crippen LogP contribution >= 0.6 is 0 Å². The second kappa shape index (κ2) is 8.31. The molecule has 1 aliphatic heterocycles. The molecule has 3 aromatic rings. The molecule has 30 heavy (non-hydrogen) atoms. The molecule has 8 nitrogen and oxygen atoms in total. The molecule has 0 N–H and O–H groups in total. The van der Waals surface area contributed by atoms with E-state index in [0.29, 0.717) is 42.3 Å². The highest BCUT2D eigenvalue weighted by Crippen LogP contribution is 2.28. The molecule has 0 spiro atoms. The highest BCUT2D eigenvalue weighted by Gasteiger charge is 2.34. The molecule has 1 fully saturated rings. The van der Waals surface area contributed by atoms with Crippen LogP contribution in [0.25, 0.3) is 0 Å². The molecule has 0 aliphatic carbocycles. The number of hydrogen-bond donors (Lipinski definition) is 0. The lowest BCUT2D eigenvalue weighted by Crippen LogP contribution is -2.41. The molecule has 1 atom stereocenters. The minimum atomic E-state index is -3.57. The van der Waals surface area contributed by atoms with Gasteiger partial charge in [0, 0.05) is 26.6 Å². The molecule has 1 aromatic carbocycles. The normalized spacial score (nSPS) is 18.0. The fraction of sp³-hybridized carbons (Fsp3) is 0.476. The predicted octanol–water partition coefficient (Wildman–Crippen LogP) is 2.32. The third kappa shape index (κ3) is 4.04. The van der Waals surface area contributed by atoms with E-state index in [9.17, 15) is 8.42 Å². The van der Waals surface area contributed by atoms with Crippen LogP contribution < -0.4 is 0 Å². The Kier molecular flexibility index (Phi) is 5.75. The average molecular weight is 429 g/mol. The number of piperidine rings is 1. The van der Waals surface area contributed by atoms with Crippen molar-refractivity contribution in [2.45, 2.75) is 44.6 Å².